The molecule has 0 aliphatic carbocycles. The summed E-state index contributed by atoms with van der Waals surface area (Å²) in [6.45, 7) is 3.44. The lowest BCUT2D eigenvalue weighted by atomic mass is 10.1. The zero-order valence-corrected chi connectivity index (χ0v) is 10.2. The number of hydrogen-bond donors (Lipinski definition) is 2. The first-order valence-electron chi connectivity index (χ1n) is 5.57. The number of carbonyl (C=O) groups is 2. The van der Waals surface area contributed by atoms with Gasteiger partial charge in [0.05, 0.1) is 6.42 Å². The number of rotatable bonds is 6. The fourth-order valence-corrected chi connectivity index (χ4v) is 1.56. The van der Waals surface area contributed by atoms with Crippen molar-refractivity contribution in [1.29, 1.82) is 0 Å². The quantitative estimate of drug-likeness (QED) is 0.757. The molecule has 6 heteroatoms. The van der Waals surface area contributed by atoms with Gasteiger partial charge < -0.3 is 11.1 Å². The fourth-order valence-electron chi connectivity index (χ4n) is 1.56. The fraction of sp³-hybridized carbons (Fsp3) is 0.231. The molecule has 1 aromatic carbocycles. The summed E-state index contributed by atoms with van der Waals surface area (Å²) in [7, 11) is 0. The Morgan fingerprint density at radius 3 is 2.37 bits per heavy atom. The SMILES string of the molecule is C=CC[C@@H](NC(=O)Cc1cc(F)cc(F)c1)C(N)=O. The molecule has 0 spiro atoms. The molecule has 102 valence electrons. The molecule has 0 saturated heterocycles. The van der Waals surface area contributed by atoms with Crippen LogP contribution < -0.4 is 11.1 Å². The van der Waals surface area contributed by atoms with Crippen LogP contribution in [0.15, 0.2) is 30.9 Å². The number of amides is 2. The Kier molecular flexibility index (Phi) is 5.17. The summed E-state index contributed by atoms with van der Waals surface area (Å²) >= 11 is 0. The molecule has 0 heterocycles. The highest BCUT2D eigenvalue weighted by Gasteiger charge is 2.16. The molecule has 0 saturated carbocycles. The maximum absolute atomic E-state index is 12.9. The van der Waals surface area contributed by atoms with Crippen LogP contribution in [0.2, 0.25) is 0 Å². The molecular weight excluding hydrogens is 254 g/mol. The molecule has 3 N–H and O–H groups in total. The minimum absolute atomic E-state index is 0.178. The number of nitrogens with one attached hydrogen (secondary N) is 1. The Bertz CT molecular complexity index is 483. The van der Waals surface area contributed by atoms with E-state index in [2.05, 4.69) is 11.9 Å². The molecule has 0 fully saturated rings. The van der Waals surface area contributed by atoms with Gasteiger partial charge in [0.25, 0.3) is 0 Å². The van der Waals surface area contributed by atoms with Crippen LogP contribution in [-0.4, -0.2) is 17.9 Å². The van der Waals surface area contributed by atoms with Crippen LogP contribution >= 0.6 is 0 Å². The molecule has 4 nitrogen and oxygen atoms in total. The molecule has 1 atom stereocenters. The van der Waals surface area contributed by atoms with Gasteiger partial charge in [-0.2, -0.15) is 0 Å². The summed E-state index contributed by atoms with van der Waals surface area (Å²) in [6.07, 6.45) is 1.39. The Labute approximate surface area is 109 Å². The van der Waals surface area contributed by atoms with E-state index in [4.69, 9.17) is 5.73 Å². The smallest absolute Gasteiger partial charge is 0.240 e. The van der Waals surface area contributed by atoms with Gasteiger partial charge in [-0.15, -0.1) is 6.58 Å². The molecule has 2 amide bonds. The lowest BCUT2D eigenvalue weighted by Gasteiger charge is -2.13. The van der Waals surface area contributed by atoms with E-state index in [1.165, 1.54) is 6.08 Å². The zero-order valence-electron chi connectivity index (χ0n) is 10.2. The van der Waals surface area contributed by atoms with Crippen molar-refractivity contribution in [1.82, 2.24) is 5.32 Å². The summed E-state index contributed by atoms with van der Waals surface area (Å²) in [5.74, 6) is -2.77. The Morgan fingerprint density at radius 1 is 1.32 bits per heavy atom. The van der Waals surface area contributed by atoms with Crippen molar-refractivity contribution in [3.63, 3.8) is 0 Å². The Hall–Kier alpha value is -2.24. The summed E-state index contributed by atoms with van der Waals surface area (Å²) in [6, 6.07) is 1.94. The van der Waals surface area contributed by atoms with Gasteiger partial charge in [-0.25, -0.2) is 8.78 Å². The van der Waals surface area contributed by atoms with E-state index in [1.807, 2.05) is 0 Å². The predicted octanol–water partition coefficient (Wildman–Crippen LogP) is 1.05. The number of halogens is 2. The van der Waals surface area contributed by atoms with Gasteiger partial charge in [0.2, 0.25) is 11.8 Å². The molecule has 1 rings (SSSR count). The van der Waals surface area contributed by atoms with E-state index in [0.29, 0.717) is 6.07 Å². The number of hydrogen-bond acceptors (Lipinski definition) is 2. The average molecular weight is 268 g/mol. The molecule has 0 radical (unpaired) electrons. The van der Waals surface area contributed by atoms with E-state index >= 15 is 0 Å². The normalized spacial score (nSPS) is 11.7. The van der Waals surface area contributed by atoms with Crippen LogP contribution in [-0.2, 0) is 16.0 Å². The number of benzene rings is 1. The van der Waals surface area contributed by atoms with Crippen molar-refractivity contribution in [3.8, 4) is 0 Å². The zero-order chi connectivity index (χ0) is 14.4. The highest BCUT2D eigenvalue weighted by molar-refractivity contribution is 5.87. The second-order valence-electron chi connectivity index (χ2n) is 4.00. The Balaban J connectivity index is 2.68. The second-order valence-corrected chi connectivity index (χ2v) is 4.00. The molecule has 19 heavy (non-hydrogen) atoms. The molecule has 0 aliphatic rings. The predicted molar refractivity (Wildman–Crippen MR) is 66.0 cm³/mol. The van der Waals surface area contributed by atoms with Crippen molar-refractivity contribution in [2.24, 2.45) is 5.73 Å². The molecule has 0 aromatic heterocycles. The van der Waals surface area contributed by atoms with Gasteiger partial charge in [-0.1, -0.05) is 6.08 Å². The monoisotopic (exact) mass is 268 g/mol. The summed E-state index contributed by atoms with van der Waals surface area (Å²) < 4.78 is 25.9. The van der Waals surface area contributed by atoms with Crippen LogP contribution in [0, 0.1) is 11.6 Å². The third-order valence-corrected chi connectivity index (χ3v) is 2.37. The third kappa shape index (κ3) is 4.87. The van der Waals surface area contributed by atoms with Crippen LogP contribution in [0.3, 0.4) is 0 Å². The van der Waals surface area contributed by atoms with Crippen LogP contribution in [0.5, 0.6) is 0 Å². The number of nitrogens with two attached hydrogens (primary N) is 1. The minimum atomic E-state index is -0.872. The van der Waals surface area contributed by atoms with Crippen molar-refractivity contribution in [3.05, 3.63) is 48.1 Å². The molecule has 0 aliphatic heterocycles. The molecule has 0 bridgehead atoms. The molecule has 1 aromatic rings. The number of carbonyl (C=O) groups excluding carboxylic acids is 2. The minimum Gasteiger partial charge on any atom is -0.368 e. The van der Waals surface area contributed by atoms with E-state index in [9.17, 15) is 18.4 Å². The average Bonchev–Trinajstić information content (AvgIpc) is 2.26. The second kappa shape index (κ2) is 6.63. The molecular formula is C13H14F2N2O2. The molecule has 0 unspecified atom stereocenters. The third-order valence-electron chi connectivity index (χ3n) is 2.37. The largest absolute Gasteiger partial charge is 0.368 e. The van der Waals surface area contributed by atoms with Crippen LogP contribution in [0.25, 0.3) is 0 Å². The van der Waals surface area contributed by atoms with Gasteiger partial charge in [0.1, 0.15) is 17.7 Å². The Morgan fingerprint density at radius 2 is 1.89 bits per heavy atom. The first-order valence-corrected chi connectivity index (χ1v) is 5.57. The maximum Gasteiger partial charge on any atom is 0.240 e. The van der Waals surface area contributed by atoms with Crippen molar-refractivity contribution >= 4 is 11.8 Å². The van der Waals surface area contributed by atoms with Gasteiger partial charge in [0, 0.05) is 6.07 Å². The van der Waals surface area contributed by atoms with Gasteiger partial charge in [-0.05, 0) is 24.1 Å². The summed E-state index contributed by atoms with van der Waals surface area (Å²) in [5, 5.41) is 2.38. The van der Waals surface area contributed by atoms with E-state index in [-0.39, 0.29) is 18.4 Å². The van der Waals surface area contributed by atoms with Crippen LogP contribution in [0.4, 0.5) is 8.78 Å². The highest BCUT2D eigenvalue weighted by Crippen LogP contribution is 2.08. The van der Waals surface area contributed by atoms with Gasteiger partial charge >= 0.3 is 0 Å². The van der Waals surface area contributed by atoms with Gasteiger partial charge in [-0.3, -0.25) is 9.59 Å². The lowest BCUT2D eigenvalue weighted by Crippen LogP contribution is -2.44. The lowest BCUT2D eigenvalue weighted by molar-refractivity contribution is -0.126. The van der Waals surface area contributed by atoms with E-state index < -0.39 is 29.5 Å². The number of primary amides is 1. The van der Waals surface area contributed by atoms with Gasteiger partial charge in [0.15, 0.2) is 0 Å². The van der Waals surface area contributed by atoms with Crippen LogP contribution in [0.1, 0.15) is 12.0 Å². The van der Waals surface area contributed by atoms with Crippen molar-refractivity contribution < 1.29 is 18.4 Å². The highest BCUT2D eigenvalue weighted by atomic mass is 19.1. The maximum atomic E-state index is 12.9. The standard InChI is InChI=1S/C13H14F2N2O2/c1-2-3-11(13(16)19)17-12(18)6-8-4-9(14)7-10(15)5-8/h2,4-5,7,11H,1,3,6H2,(H2,16,19)(H,17,18)/t11-/m1/s1. The van der Waals surface area contributed by atoms with Crippen molar-refractivity contribution in [2.45, 2.75) is 18.9 Å². The van der Waals surface area contributed by atoms with E-state index in [0.717, 1.165) is 12.1 Å². The first kappa shape index (κ1) is 14.8. The summed E-state index contributed by atoms with van der Waals surface area (Å²) in [5.41, 5.74) is 5.27. The van der Waals surface area contributed by atoms with Crippen molar-refractivity contribution in [2.75, 3.05) is 0 Å². The first-order chi connectivity index (χ1) is 8.92. The summed E-state index contributed by atoms with van der Waals surface area (Å²) in [4.78, 5) is 22.7. The van der Waals surface area contributed by atoms with E-state index in [1.54, 1.807) is 0 Å². The topological polar surface area (TPSA) is 72.2 Å².